The molecule has 0 aromatic carbocycles. The van der Waals surface area contributed by atoms with Gasteiger partial charge in [0.1, 0.15) is 0 Å². The normalized spacial score (nSPS) is 24.5. The van der Waals surface area contributed by atoms with Gasteiger partial charge in [0.05, 0.1) is 0 Å². The molecule has 4 heteroatoms. The number of primary amides is 1. The zero-order chi connectivity index (χ0) is 9.68. The van der Waals surface area contributed by atoms with Crippen molar-refractivity contribution in [2.24, 2.45) is 5.73 Å². The number of rotatable bonds is 4. The van der Waals surface area contributed by atoms with Crippen molar-refractivity contribution in [2.45, 2.75) is 25.3 Å². The summed E-state index contributed by atoms with van der Waals surface area (Å²) < 4.78 is 0. The zero-order valence-corrected chi connectivity index (χ0v) is 8.25. The van der Waals surface area contributed by atoms with E-state index in [-0.39, 0.29) is 5.91 Å². The van der Waals surface area contributed by atoms with E-state index in [1.54, 1.807) is 0 Å². The van der Waals surface area contributed by atoms with E-state index in [2.05, 4.69) is 17.3 Å². The molecule has 0 saturated carbocycles. The molecule has 0 bridgehead atoms. The average Bonchev–Trinajstić information content (AvgIpc) is 2.03. The SMILES string of the molecule is CN1CCNC(CCCC(N)=O)C1. The highest BCUT2D eigenvalue weighted by Crippen LogP contribution is 2.05. The third kappa shape index (κ3) is 4.24. The molecule has 1 rings (SSSR count). The average molecular weight is 185 g/mol. The quantitative estimate of drug-likeness (QED) is 0.623. The summed E-state index contributed by atoms with van der Waals surface area (Å²) in [7, 11) is 2.13. The number of amides is 1. The van der Waals surface area contributed by atoms with E-state index in [9.17, 15) is 4.79 Å². The van der Waals surface area contributed by atoms with E-state index in [1.165, 1.54) is 0 Å². The highest BCUT2D eigenvalue weighted by atomic mass is 16.1. The van der Waals surface area contributed by atoms with Gasteiger partial charge in [-0.15, -0.1) is 0 Å². The lowest BCUT2D eigenvalue weighted by atomic mass is 10.1. The van der Waals surface area contributed by atoms with Crippen molar-refractivity contribution in [1.29, 1.82) is 0 Å². The van der Waals surface area contributed by atoms with Crippen LogP contribution in [0.1, 0.15) is 19.3 Å². The largest absolute Gasteiger partial charge is 0.370 e. The number of piperazine rings is 1. The summed E-state index contributed by atoms with van der Waals surface area (Å²) in [6, 6.07) is 0.540. The minimum Gasteiger partial charge on any atom is -0.370 e. The molecule has 0 aromatic heterocycles. The van der Waals surface area contributed by atoms with Gasteiger partial charge in [0.25, 0.3) is 0 Å². The number of carbonyl (C=O) groups excluding carboxylic acids is 1. The topological polar surface area (TPSA) is 58.4 Å². The Morgan fingerprint density at radius 2 is 2.46 bits per heavy atom. The van der Waals surface area contributed by atoms with Crippen molar-refractivity contribution >= 4 is 5.91 Å². The lowest BCUT2D eigenvalue weighted by Crippen LogP contribution is -2.48. The minimum absolute atomic E-state index is 0.191. The zero-order valence-electron chi connectivity index (χ0n) is 8.25. The molecule has 1 fully saturated rings. The Labute approximate surface area is 79.5 Å². The van der Waals surface area contributed by atoms with E-state index in [0.29, 0.717) is 12.5 Å². The van der Waals surface area contributed by atoms with Crippen molar-refractivity contribution in [2.75, 3.05) is 26.7 Å². The van der Waals surface area contributed by atoms with Crippen LogP contribution < -0.4 is 11.1 Å². The van der Waals surface area contributed by atoms with Gasteiger partial charge < -0.3 is 16.0 Å². The van der Waals surface area contributed by atoms with Crippen molar-refractivity contribution in [3.63, 3.8) is 0 Å². The highest BCUT2D eigenvalue weighted by molar-refractivity contribution is 5.73. The first-order valence-electron chi connectivity index (χ1n) is 4.88. The minimum atomic E-state index is -0.191. The van der Waals surface area contributed by atoms with Crippen molar-refractivity contribution < 1.29 is 4.79 Å². The molecule has 4 nitrogen and oxygen atoms in total. The van der Waals surface area contributed by atoms with Crippen LogP contribution in [0.4, 0.5) is 0 Å². The maximum absolute atomic E-state index is 10.5. The van der Waals surface area contributed by atoms with Crippen molar-refractivity contribution in [1.82, 2.24) is 10.2 Å². The van der Waals surface area contributed by atoms with Gasteiger partial charge in [-0.25, -0.2) is 0 Å². The number of hydrogen-bond donors (Lipinski definition) is 2. The number of nitrogens with two attached hydrogens (primary N) is 1. The van der Waals surface area contributed by atoms with E-state index in [1.807, 2.05) is 0 Å². The maximum Gasteiger partial charge on any atom is 0.217 e. The van der Waals surface area contributed by atoms with Gasteiger partial charge in [-0.3, -0.25) is 4.79 Å². The second kappa shape index (κ2) is 5.19. The summed E-state index contributed by atoms with van der Waals surface area (Å²) in [6.45, 7) is 3.25. The third-order valence-electron chi connectivity index (χ3n) is 2.43. The molecule has 1 heterocycles. The molecular weight excluding hydrogens is 166 g/mol. The van der Waals surface area contributed by atoms with Gasteiger partial charge in [-0.2, -0.15) is 0 Å². The van der Waals surface area contributed by atoms with Crippen molar-refractivity contribution in [3.8, 4) is 0 Å². The third-order valence-corrected chi connectivity index (χ3v) is 2.43. The van der Waals surface area contributed by atoms with Crippen LogP contribution in [0.5, 0.6) is 0 Å². The van der Waals surface area contributed by atoms with Gasteiger partial charge in [0.2, 0.25) is 5.91 Å². The van der Waals surface area contributed by atoms with Crippen LogP contribution in [0.3, 0.4) is 0 Å². The lowest BCUT2D eigenvalue weighted by molar-refractivity contribution is -0.118. The van der Waals surface area contributed by atoms with Crippen LogP contribution in [0.15, 0.2) is 0 Å². The van der Waals surface area contributed by atoms with Gasteiger partial charge in [0.15, 0.2) is 0 Å². The molecule has 0 aromatic rings. The Morgan fingerprint density at radius 3 is 3.08 bits per heavy atom. The summed E-state index contributed by atoms with van der Waals surface area (Å²) in [5.41, 5.74) is 5.07. The Morgan fingerprint density at radius 1 is 1.69 bits per heavy atom. The van der Waals surface area contributed by atoms with Gasteiger partial charge in [0, 0.05) is 32.1 Å². The van der Waals surface area contributed by atoms with Crippen LogP contribution in [0.25, 0.3) is 0 Å². The van der Waals surface area contributed by atoms with Gasteiger partial charge in [-0.05, 0) is 19.9 Å². The van der Waals surface area contributed by atoms with Crippen LogP contribution in [-0.4, -0.2) is 43.5 Å². The fraction of sp³-hybridized carbons (Fsp3) is 0.889. The highest BCUT2D eigenvalue weighted by Gasteiger charge is 2.15. The fourth-order valence-corrected chi connectivity index (χ4v) is 1.71. The molecule has 3 N–H and O–H groups in total. The number of hydrogen-bond acceptors (Lipinski definition) is 3. The molecule has 76 valence electrons. The molecule has 1 aliphatic heterocycles. The molecule has 1 saturated heterocycles. The fourth-order valence-electron chi connectivity index (χ4n) is 1.71. The summed E-state index contributed by atoms with van der Waals surface area (Å²) in [4.78, 5) is 12.8. The summed E-state index contributed by atoms with van der Waals surface area (Å²) in [5, 5.41) is 3.43. The van der Waals surface area contributed by atoms with E-state index >= 15 is 0 Å². The Kier molecular flexibility index (Phi) is 4.18. The molecule has 1 amide bonds. The molecule has 13 heavy (non-hydrogen) atoms. The number of nitrogens with one attached hydrogen (secondary N) is 1. The van der Waals surface area contributed by atoms with Gasteiger partial charge >= 0.3 is 0 Å². The Balaban J connectivity index is 2.10. The second-order valence-electron chi connectivity index (χ2n) is 3.77. The molecule has 1 atom stereocenters. The number of nitrogens with zero attached hydrogens (tertiary/aromatic N) is 1. The molecule has 1 unspecified atom stereocenters. The van der Waals surface area contributed by atoms with Crippen LogP contribution in [-0.2, 0) is 4.79 Å². The lowest BCUT2D eigenvalue weighted by Gasteiger charge is -2.30. The monoisotopic (exact) mass is 185 g/mol. The van der Waals surface area contributed by atoms with Gasteiger partial charge in [-0.1, -0.05) is 0 Å². The summed E-state index contributed by atoms with van der Waals surface area (Å²) in [5.74, 6) is -0.191. The van der Waals surface area contributed by atoms with Crippen LogP contribution >= 0.6 is 0 Å². The Bertz CT molecular complexity index is 172. The number of likely N-dealkylation sites (N-methyl/N-ethyl adjacent to an activating group) is 1. The molecule has 1 aliphatic rings. The maximum atomic E-state index is 10.5. The Hall–Kier alpha value is -0.610. The molecule has 0 spiro atoms. The first-order valence-corrected chi connectivity index (χ1v) is 4.88. The number of carbonyl (C=O) groups is 1. The van der Waals surface area contributed by atoms with E-state index in [0.717, 1.165) is 32.5 Å². The van der Waals surface area contributed by atoms with Crippen LogP contribution in [0, 0.1) is 0 Å². The van der Waals surface area contributed by atoms with E-state index < -0.39 is 0 Å². The summed E-state index contributed by atoms with van der Waals surface area (Å²) in [6.07, 6.45) is 2.47. The first kappa shape index (κ1) is 10.5. The molecule has 0 radical (unpaired) electrons. The first-order chi connectivity index (χ1) is 6.18. The second-order valence-corrected chi connectivity index (χ2v) is 3.77. The standard InChI is InChI=1S/C9H19N3O/c1-12-6-5-11-8(7-12)3-2-4-9(10)13/h8,11H,2-7H2,1H3,(H2,10,13). The van der Waals surface area contributed by atoms with Crippen LogP contribution in [0.2, 0.25) is 0 Å². The smallest absolute Gasteiger partial charge is 0.217 e. The predicted octanol–water partition coefficient (Wildman–Crippen LogP) is -0.454. The molecule has 0 aliphatic carbocycles. The van der Waals surface area contributed by atoms with Crippen molar-refractivity contribution in [3.05, 3.63) is 0 Å². The predicted molar refractivity (Wildman–Crippen MR) is 52.3 cm³/mol. The summed E-state index contributed by atoms with van der Waals surface area (Å²) >= 11 is 0. The molecular formula is C9H19N3O. The van der Waals surface area contributed by atoms with E-state index in [4.69, 9.17) is 5.73 Å².